The summed E-state index contributed by atoms with van der Waals surface area (Å²) in [4.78, 5) is 13.5. The first-order valence-electron chi connectivity index (χ1n) is 12.4. The largest absolute Gasteiger partial charge is 0.309 e. The maximum Gasteiger partial charge on any atom is 0.0651 e. The van der Waals surface area contributed by atoms with Gasteiger partial charge in [0.05, 0.1) is 23.8 Å². The van der Waals surface area contributed by atoms with Gasteiger partial charge in [0.15, 0.2) is 0 Å². The van der Waals surface area contributed by atoms with Crippen molar-refractivity contribution < 1.29 is 0 Å². The van der Waals surface area contributed by atoms with Crippen LogP contribution in [-0.4, -0.2) is 9.97 Å². The van der Waals surface area contributed by atoms with Gasteiger partial charge in [0.25, 0.3) is 0 Å². The van der Waals surface area contributed by atoms with E-state index in [2.05, 4.69) is 81.5 Å². The second kappa shape index (κ2) is 11.7. The summed E-state index contributed by atoms with van der Waals surface area (Å²) in [5, 5.41) is 0. The molecule has 2 aromatic heterocycles. The van der Waals surface area contributed by atoms with Crippen molar-refractivity contribution in [1.82, 2.24) is 9.97 Å². The van der Waals surface area contributed by atoms with Gasteiger partial charge in [-0.2, -0.15) is 0 Å². The molecule has 5 rings (SSSR count). The van der Waals surface area contributed by atoms with Crippen molar-refractivity contribution in [2.24, 2.45) is 0 Å². The number of hydrogen-bond donors (Lipinski definition) is 0. The Labute approximate surface area is 224 Å². The number of rotatable bonds is 9. The molecule has 0 saturated carbocycles. The number of nitrogens with zero attached hydrogens (tertiary/aromatic N) is 4. The Morgan fingerprint density at radius 1 is 0.553 bits per heavy atom. The summed E-state index contributed by atoms with van der Waals surface area (Å²) in [5.41, 5.74) is 7.83. The fourth-order valence-corrected chi connectivity index (χ4v) is 4.40. The van der Waals surface area contributed by atoms with Crippen molar-refractivity contribution in [3.8, 4) is 11.1 Å². The molecule has 4 nitrogen and oxygen atoms in total. The second-order valence-electron chi connectivity index (χ2n) is 8.57. The van der Waals surface area contributed by atoms with Crippen LogP contribution in [0.1, 0.15) is 0 Å². The number of benzene rings is 3. The van der Waals surface area contributed by atoms with Crippen molar-refractivity contribution in [3.63, 3.8) is 0 Å². The van der Waals surface area contributed by atoms with E-state index in [1.165, 1.54) is 0 Å². The van der Waals surface area contributed by atoms with Crippen LogP contribution in [0.5, 0.6) is 0 Å². The first-order valence-corrected chi connectivity index (χ1v) is 12.4. The summed E-state index contributed by atoms with van der Waals surface area (Å²) in [6.45, 7) is 7.91. The number of anilines is 5. The lowest BCUT2D eigenvalue weighted by Crippen LogP contribution is -2.15. The molecule has 0 atom stereocenters. The molecule has 0 radical (unpaired) electrons. The summed E-state index contributed by atoms with van der Waals surface area (Å²) in [7, 11) is 0. The van der Waals surface area contributed by atoms with Crippen LogP contribution in [0.25, 0.3) is 11.1 Å². The minimum absolute atomic E-state index is 0.899. The molecule has 2 heterocycles. The highest BCUT2D eigenvalue weighted by atomic mass is 15.2. The summed E-state index contributed by atoms with van der Waals surface area (Å²) in [5.74, 6) is 0. The number of aromatic nitrogens is 2. The summed E-state index contributed by atoms with van der Waals surface area (Å²) >= 11 is 0. The van der Waals surface area contributed by atoms with Crippen LogP contribution in [0.3, 0.4) is 0 Å². The zero-order valence-corrected chi connectivity index (χ0v) is 21.1. The normalized spacial score (nSPS) is 11.0. The van der Waals surface area contributed by atoms with Gasteiger partial charge < -0.3 is 9.80 Å². The Kier molecular flexibility index (Phi) is 7.52. The minimum Gasteiger partial charge on any atom is -0.309 e. The van der Waals surface area contributed by atoms with Crippen molar-refractivity contribution in [2.45, 2.75) is 0 Å². The highest BCUT2D eigenvalue weighted by Gasteiger charge is 2.16. The summed E-state index contributed by atoms with van der Waals surface area (Å²) in [6, 6.07) is 35.1. The maximum absolute atomic E-state index is 4.62. The molecule has 0 aliphatic carbocycles. The quantitative estimate of drug-likeness (QED) is 0.192. The molecule has 0 spiro atoms. The van der Waals surface area contributed by atoms with Gasteiger partial charge >= 0.3 is 0 Å². The molecule has 0 aliphatic heterocycles. The van der Waals surface area contributed by atoms with Crippen LogP contribution in [0, 0.1) is 0 Å². The first kappa shape index (κ1) is 24.5. The van der Waals surface area contributed by atoms with Crippen LogP contribution in [0.4, 0.5) is 28.4 Å². The zero-order chi connectivity index (χ0) is 26.2. The highest BCUT2D eigenvalue weighted by Crippen LogP contribution is 2.37. The molecule has 0 amide bonds. The molecular weight excluding hydrogens is 464 g/mol. The monoisotopic (exact) mass is 492 g/mol. The molecule has 5 aromatic rings. The molecule has 4 heteroatoms. The van der Waals surface area contributed by atoms with Crippen molar-refractivity contribution in [1.29, 1.82) is 0 Å². The van der Waals surface area contributed by atoms with Crippen LogP contribution in [0.15, 0.2) is 165 Å². The van der Waals surface area contributed by atoms with Gasteiger partial charge in [-0.1, -0.05) is 73.8 Å². The van der Waals surface area contributed by atoms with E-state index in [4.69, 9.17) is 0 Å². The first-order chi connectivity index (χ1) is 18.8. The van der Waals surface area contributed by atoms with Gasteiger partial charge in [-0.25, -0.2) is 0 Å². The van der Waals surface area contributed by atoms with Gasteiger partial charge in [0.2, 0.25) is 0 Å². The van der Waals surface area contributed by atoms with Gasteiger partial charge in [-0.05, 0) is 60.7 Å². The molecule has 0 bridgehead atoms. The van der Waals surface area contributed by atoms with E-state index in [-0.39, 0.29) is 0 Å². The molecular formula is C34H28N4. The van der Waals surface area contributed by atoms with E-state index < -0.39 is 0 Å². The third-order valence-electron chi connectivity index (χ3n) is 6.10. The van der Waals surface area contributed by atoms with Gasteiger partial charge in [-0.3, -0.25) is 9.97 Å². The fraction of sp³-hybridized carbons (Fsp3) is 0. The van der Waals surface area contributed by atoms with E-state index in [1.807, 2.05) is 91.5 Å². The van der Waals surface area contributed by atoms with Crippen molar-refractivity contribution in [3.05, 3.63) is 165 Å². The SMILES string of the molecule is C=CC=C(C=C)N(c1ccccc1)c1cncc(-c2cncc(N(c3ccccc3)c3ccccc3)c2)c1. The Morgan fingerprint density at radius 2 is 1.03 bits per heavy atom. The summed E-state index contributed by atoms with van der Waals surface area (Å²) < 4.78 is 0. The van der Waals surface area contributed by atoms with Crippen LogP contribution in [0.2, 0.25) is 0 Å². The predicted molar refractivity (Wildman–Crippen MR) is 159 cm³/mol. The minimum atomic E-state index is 0.899. The van der Waals surface area contributed by atoms with Crippen molar-refractivity contribution >= 4 is 28.4 Å². The Morgan fingerprint density at radius 3 is 1.53 bits per heavy atom. The van der Waals surface area contributed by atoms with Gasteiger partial charge in [-0.15, -0.1) is 0 Å². The van der Waals surface area contributed by atoms with E-state index >= 15 is 0 Å². The standard InChI is InChI=1S/C34H28N4/c1-3-14-29(4-2)37(30-15-8-5-9-16-30)33-21-27(23-35-25-33)28-22-34(26-36-24-28)38(31-17-10-6-11-18-31)32-19-12-7-13-20-32/h3-26H,1-2H2. The van der Waals surface area contributed by atoms with E-state index in [9.17, 15) is 0 Å². The maximum atomic E-state index is 4.62. The Balaban J connectivity index is 1.59. The molecule has 0 fully saturated rings. The Hall–Kier alpha value is -5.22. The topological polar surface area (TPSA) is 32.3 Å². The highest BCUT2D eigenvalue weighted by molar-refractivity contribution is 5.80. The molecule has 0 saturated heterocycles. The average molecular weight is 493 g/mol. The number of hydrogen-bond acceptors (Lipinski definition) is 4. The van der Waals surface area contributed by atoms with Crippen molar-refractivity contribution in [2.75, 3.05) is 9.80 Å². The van der Waals surface area contributed by atoms with Gasteiger partial charge in [0.1, 0.15) is 0 Å². The second-order valence-corrected chi connectivity index (χ2v) is 8.57. The average Bonchev–Trinajstić information content (AvgIpc) is 2.99. The smallest absolute Gasteiger partial charge is 0.0651 e. The molecule has 3 aromatic carbocycles. The van der Waals surface area contributed by atoms with E-state index in [0.717, 1.165) is 45.3 Å². The number of para-hydroxylation sites is 3. The fourth-order valence-electron chi connectivity index (χ4n) is 4.40. The number of pyridine rings is 2. The molecule has 0 aliphatic rings. The van der Waals surface area contributed by atoms with Crippen LogP contribution >= 0.6 is 0 Å². The lowest BCUT2D eigenvalue weighted by molar-refractivity contribution is 1.18. The van der Waals surface area contributed by atoms with Gasteiger partial charge in [0, 0.05) is 46.3 Å². The Bertz CT molecular complexity index is 1500. The lowest BCUT2D eigenvalue weighted by Gasteiger charge is -2.26. The van der Waals surface area contributed by atoms with E-state index in [1.54, 1.807) is 6.08 Å². The molecule has 0 N–H and O–H groups in total. The lowest BCUT2D eigenvalue weighted by atomic mass is 10.1. The third-order valence-corrected chi connectivity index (χ3v) is 6.10. The molecule has 0 unspecified atom stereocenters. The number of allylic oxidation sites excluding steroid dienone is 3. The van der Waals surface area contributed by atoms with Crippen LogP contribution in [-0.2, 0) is 0 Å². The summed E-state index contributed by atoms with van der Waals surface area (Å²) in [6.07, 6.45) is 13.0. The van der Waals surface area contributed by atoms with E-state index in [0.29, 0.717) is 0 Å². The van der Waals surface area contributed by atoms with Crippen LogP contribution < -0.4 is 9.80 Å². The molecule has 38 heavy (non-hydrogen) atoms. The predicted octanol–water partition coefficient (Wildman–Crippen LogP) is 9.01. The third kappa shape index (κ3) is 5.30. The molecule has 184 valence electrons. The zero-order valence-electron chi connectivity index (χ0n) is 21.1.